The minimum absolute atomic E-state index is 0.0324. The van der Waals surface area contributed by atoms with Gasteiger partial charge in [-0.2, -0.15) is 0 Å². The van der Waals surface area contributed by atoms with E-state index >= 15 is 0 Å². The third-order valence-corrected chi connectivity index (χ3v) is 19.6. The van der Waals surface area contributed by atoms with Crippen LogP contribution in [0.4, 0.5) is 45.5 Å². The van der Waals surface area contributed by atoms with Crippen LogP contribution in [0.5, 0.6) is 0 Å². The zero-order valence-corrected chi connectivity index (χ0v) is 45.7. The van der Waals surface area contributed by atoms with Crippen LogP contribution in [-0.4, -0.2) is 12.3 Å². The minimum Gasteiger partial charge on any atom is -0.454 e. The van der Waals surface area contributed by atoms with Crippen molar-refractivity contribution < 1.29 is 4.42 Å². The van der Waals surface area contributed by atoms with E-state index in [1.54, 1.807) is 0 Å². The van der Waals surface area contributed by atoms with Crippen molar-refractivity contribution in [2.24, 2.45) is 0 Å². The molecule has 0 radical (unpaired) electrons. The number of thiophene rings is 1. The number of para-hydroxylation sites is 3. The van der Waals surface area contributed by atoms with E-state index in [0.717, 1.165) is 40.5 Å². The van der Waals surface area contributed by atoms with E-state index in [0.29, 0.717) is 0 Å². The maximum Gasteiger partial charge on any atom is 0.252 e. The molecule has 4 nitrogen and oxygen atoms in total. The average molecular weight is 1000 g/mol. The lowest BCUT2D eigenvalue weighted by atomic mass is 9.33. The number of rotatable bonds is 4. The topological polar surface area (TPSA) is 22.9 Å². The first-order chi connectivity index (χ1) is 36.7. The van der Waals surface area contributed by atoms with Gasteiger partial charge in [0.2, 0.25) is 0 Å². The number of hydrogen-bond acceptors (Lipinski definition) is 5. The van der Waals surface area contributed by atoms with Crippen LogP contribution in [0, 0.1) is 0 Å². The number of fused-ring (bicyclic) bond motifs is 13. The fraction of sp³-hybridized carbons (Fsp3) is 0.229. The van der Waals surface area contributed by atoms with Gasteiger partial charge in [0, 0.05) is 70.7 Å². The smallest absolute Gasteiger partial charge is 0.252 e. The summed E-state index contributed by atoms with van der Waals surface area (Å²) in [6.07, 6.45) is 4.70. The van der Waals surface area contributed by atoms with Crippen molar-refractivity contribution in [1.29, 1.82) is 0 Å². The van der Waals surface area contributed by atoms with Gasteiger partial charge < -0.3 is 19.1 Å². The largest absolute Gasteiger partial charge is 0.454 e. The van der Waals surface area contributed by atoms with Gasteiger partial charge in [-0.15, -0.1) is 11.3 Å². The second kappa shape index (κ2) is 16.0. The SMILES string of the molecule is CC(C)(C)c1ccc2c(c1)B1c3cc4c(cc3N(c3ccc(C(C)(C)C)cc3-c3ccccc3)c3cc(N5c6ccccc6C6(C)CCCCC56C)cc(c31)N2c1cccc2c1oc1ccccc12)sc1ccccc14. The Balaban J connectivity index is 1.12. The Morgan fingerprint density at radius 1 is 0.487 bits per heavy atom. The van der Waals surface area contributed by atoms with Gasteiger partial charge in [0.05, 0.1) is 16.9 Å². The van der Waals surface area contributed by atoms with Crippen molar-refractivity contribution in [1.82, 2.24) is 0 Å². The second-order valence-electron chi connectivity index (χ2n) is 24.8. The second-order valence-corrected chi connectivity index (χ2v) is 25.9. The fourth-order valence-corrected chi connectivity index (χ4v) is 15.5. The zero-order chi connectivity index (χ0) is 51.6. The molecule has 1 aliphatic carbocycles. The highest BCUT2D eigenvalue weighted by molar-refractivity contribution is 7.26. The van der Waals surface area contributed by atoms with Crippen molar-refractivity contribution in [2.75, 3.05) is 14.7 Å². The summed E-state index contributed by atoms with van der Waals surface area (Å²) in [5, 5.41) is 4.88. The Hall–Kier alpha value is -7.54. The summed E-state index contributed by atoms with van der Waals surface area (Å²) < 4.78 is 9.70. The Morgan fingerprint density at radius 2 is 1.12 bits per heavy atom. The summed E-state index contributed by atoms with van der Waals surface area (Å²) >= 11 is 1.91. The standard InChI is InChI=1S/C70H62BN3OS/c1-67(2,3)44-31-33-55(50(37-44)43-21-10-9-11-22-43)72-59-42-64-51(48-24-13-17-30-63(48)76-64)41-54(59)71-53-38-45(68(4,5)6)32-34-57(53)73(58-28-20-25-49-47-23-12-16-29-62(47)75-66(49)58)61-40-46(39-60(72)65(61)71)74-56-27-15-14-26-52(56)69(7)35-18-19-36-70(69,74)8/h9-17,20-34,37-42H,18-19,35-36H2,1-8H3. The monoisotopic (exact) mass is 1000 g/mol. The van der Waals surface area contributed by atoms with E-state index in [2.05, 4.69) is 252 Å². The van der Waals surface area contributed by atoms with Crippen LogP contribution in [0.2, 0.25) is 0 Å². The molecule has 0 amide bonds. The summed E-state index contributed by atoms with van der Waals surface area (Å²) in [6, 6.07) is 69.8. The Bertz CT molecular complexity index is 4230. The molecule has 372 valence electrons. The van der Waals surface area contributed by atoms with Crippen molar-refractivity contribution >= 4 is 122 Å². The number of anilines is 8. The molecule has 0 spiro atoms. The van der Waals surface area contributed by atoms with Crippen LogP contribution >= 0.6 is 11.3 Å². The summed E-state index contributed by atoms with van der Waals surface area (Å²) in [5.74, 6) is 0. The van der Waals surface area contributed by atoms with Gasteiger partial charge in [0.15, 0.2) is 5.58 Å². The van der Waals surface area contributed by atoms with Crippen LogP contribution in [-0.2, 0) is 16.2 Å². The van der Waals surface area contributed by atoms with Gasteiger partial charge in [-0.3, -0.25) is 0 Å². The molecule has 2 unspecified atom stereocenters. The maximum atomic E-state index is 7.09. The zero-order valence-electron chi connectivity index (χ0n) is 44.9. The van der Waals surface area contributed by atoms with E-state index in [-0.39, 0.29) is 28.5 Å². The maximum absolute atomic E-state index is 7.09. The molecule has 5 heterocycles. The summed E-state index contributed by atoms with van der Waals surface area (Å²) in [5.41, 5.74) is 21.5. The van der Waals surface area contributed by atoms with Crippen molar-refractivity contribution in [3.8, 4) is 11.1 Å². The fourth-order valence-electron chi connectivity index (χ4n) is 14.4. The molecular weight excluding hydrogens is 942 g/mol. The van der Waals surface area contributed by atoms with Crippen LogP contribution < -0.4 is 31.1 Å². The lowest BCUT2D eigenvalue weighted by molar-refractivity contribution is 0.195. The summed E-state index contributed by atoms with van der Waals surface area (Å²) in [6.45, 7) is 19.1. The van der Waals surface area contributed by atoms with Gasteiger partial charge in [0.1, 0.15) is 5.58 Å². The third-order valence-electron chi connectivity index (χ3n) is 18.5. The van der Waals surface area contributed by atoms with Gasteiger partial charge >= 0.3 is 0 Å². The average Bonchev–Trinajstić information content (AvgIpc) is 4.22. The van der Waals surface area contributed by atoms with Gasteiger partial charge in [-0.1, -0.05) is 183 Å². The van der Waals surface area contributed by atoms with Crippen molar-refractivity contribution in [3.63, 3.8) is 0 Å². The third kappa shape index (κ3) is 6.37. The molecule has 15 rings (SSSR count). The highest BCUT2D eigenvalue weighted by Crippen LogP contribution is 2.62. The Kier molecular flexibility index (Phi) is 9.65. The molecule has 4 aliphatic rings. The van der Waals surface area contributed by atoms with E-state index in [1.807, 2.05) is 11.3 Å². The molecule has 11 aromatic rings. The van der Waals surface area contributed by atoms with Gasteiger partial charge in [0.25, 0.3) is 6.71 Å². The van der Waals surface area contributed by atoms with E-state index in [9.17, 15) is 0 Å². The van der Waals surface area contributed by atoms with Crippen LogP contribution in [0.25, 0.3) is 53.2 Å². The minimum atomic E-state index is -0.169. The molecule has 3 aliphatic heterocycles. The quantitative estimate of drug-likeness (QED) is 0.164. The molecule has 0 N–H and O–H groups in total. The summed E-state index contributed by atoms with van der Waals surface area (Å²) in [4.78, 5) is 8.07. The lowest BCUT2D eigenvalue weighted by Crippen LogP contribution is -2.61. The molecule has 1 saturated carbocycles. The Morgan fingerprint density at radius 3 is 1.91 bits per heavy atom. The lowest BCUT2D eigenvalue weighted by Gasteiger charge is -2.51. The predicted molar refractivity (Wildman–Crippen MR) is 326 cm³/mol. The molecule has 2 atom stereocenters. The van der Waals surface area contributed by atoms with Gasteiger partial charge in [-0.25, -0.2) is 0 Å². The first kappa shape index (κ1) is 45.8. The Labute approximate surface area is 451 Å². The van der Waals surface area contributed by atoms with Crippen LogP contribution in [0.15, 0.2) is 186 Å². The molecule has 1 fully saturated rings. The predicted octanol–water partition coefficient (Wildman–Crippen LogP) is 18.0. The van der Waals surface area contributed by atoms with Crippen LogP contribution in [0.1, 0.15) is 97.8 Å². The van der Waals surface area contributed by atoms with Gasteiger partial charge in [-0.05, 0) is 135 Å². The number of furan rings is 1. The molecule has 0 saturated heterocycles. The van der Waals surface area contributed by atoms with E-state index < -0.39 is 0 Å². The van der Waals surface area contributed by atoms with E-state index in [1.165, 1.54) is 117 Å². The molecule has 0 bridgehead atoms. The normalized spacial score (nSPS) is 18.8. The molecule has 2 aromatic heterocycles. The first-order valence-electron chi connectivity index (χ1n) is 27.6. The first-order valence-corrected chi connectivity index (χ1v) is 28.4. The highest BCUT2D eigenvalue weighted by Gasteiger charge is 2.58. The highest BCUT2D eigenvalue weighted by atomic mass is 32.1. The molecule has 6 heteroatoms. The van der Waals surface area contributed by atoms with Crippen molar-refractivity contribution in [3.05, 3.63) is 199 Å². The number of nitrogens with zero attached hydrogens (tertiary/aromatic N) is 3. The number of benzene rings is 9. The molecular formula is C70H62BN3OS. The summed E-state index contributed by atoms with van der Waals surface area (Å²) in [7, 11) is 0. The van der Waals surface area contributed by atoms with E-state index in [4.69, 9.17) is 4.42 Å². The molecule has 9 aromatic carbocycles. The number of hydrogen-bond donors (Lipinski definition) is 0. The molecule has 76 heavy (non-hydrogen) atoms. The van der Waals surface area contributed by atoms with Crippen LogP contribution in [0.3, 0.4) is 0 Å². The van der Waals surface area contributed by atoms with Crippen molar-refractivity contribution in [2.45, 2.75) is 103 Å².